The van der Waals surface area contributed by atoms with Gasteiger partial charge in [0, 0.05) is 24.8 Å². The molecule has 4 nitrogen and oxygen atoms in total. The molecule has 0 bridgehead atoms. The fourth-order valence-electron chi connectivity index (χ4n) is 2.17. The van der Waals surface area contributed by atoms with Crippen molar-refractivity contribution >= 4 is 5.82 Å². The van der Waals surface area contributed by atoms with Crippen LogP contribution in [0.5, 0.6) is 0 Å². The standard InChI is InChI=1S/C12H20N4/c1-9-8-11(5-7-16(9)3)15-12-4-6-13-10(2)14-12/h4,6,9,11H,5,7-8H2,1-3H3,(H,13,14,15). The molecule has 0 aliphatic carbocycles. The van der Waals surface area contributed by atoms with Crippen molar-refractivity contribution in [1.29, 1.82) is 0 Å². The molecule has 1 fully saturated rings. The van der Waals surface area contributed by atoms with Crippen molar-refractivity contribution in [3.05, 3.63) is 18.1 Å². The number of likely N-dealkylation sites (tertiary alicyclic amines) is 1. The van der Waals surface area contributed by atoms with Crippen molar-refractivity contribution in [3.63, 3.8) is 0 Å². The number of hydrogen-bond donors (Lipinski definition) is 1. The Bertz CT molecular complexity index is 353. The molecule has 0 saturated carbocycles. The maximum atomic E-state index is 4.38. The lowest BCUT2D eigenvalue weighted by Gasteiger charge is -2.35. The lowest BCUT2D eigenvalue weighted by atomic mass is 9.99. The third-order valence-corrected chi connectivity index (χ3v) is 3.34. The highest BCUT2D eigenvalue weighted by Gasteiger charge is 2.22. The van der Waals surface area contributed by atoms with Gasteiger partial charge in [0.2, 0.25) is 0 Å². The van der Waals surface area contributed by atoms with Gasteiger partial charge in [0.1, 0.15) is 11.6 Å². The summed E-state index contributed by atoms with van der Waals surface area (Å²) in [5.74, 6) is 1.78. The number of nitrogens with zero attached hydrogens (tertiary/aromatic N) is 3. The molecule has 2 atom stereocenters. The molecule has 2 unspecified atom stereocenters. The maximum Gasteiger partial charge on any atom is 0.129 e. The number of aromatic nitrogens is 2. The Hall–Kier alpha value is -1.16. The van der Waals surface area contributed by atoms with Crippen molar-refractivity contribution in [2.45, 2.75) is 38.8 Å². The van der Waals surface area contributed by atoms with Crippen LogP contribution < -0.4 is 5.32 Å². The van der Waals surface area contributed by atoms with E-state index in [1.54, 1.807) is 0 Å². The summed E-state index contributed by atoms with van der Waals surface area (Å²) in [7, 11) is 2.19. The molecule has 1 saturated heterocycles. The van der Waals surface area contributed by atoms with E-state index < -0.39 is 0 Å². The van der Waals surface area contributed by atoms with Crippen LogP contribution >= 0.6 is 0 Å². The van der Waals surface area contributed by atoms with E-state index in [1.807, 2.05) is 19.2 Å². The molecule has 2 heterocycles. The van der Waals surface area contributed by atoms with E-state index in [2.05, 4.69) is 34.2 Å². The van der Waals surface area contributed by atoms with E-state index in [0.29, 0.717) is 12.1 Å². The highest BCUT2D eigenvalue weighted by molar-refractivity contribution is 5.34. The first-order chi connectivity index (χ1) is 7.65. The minimum Gasteiger partial charge on any atom is -0.367 e. The van der Waals surface area contributed by atoms with Crippen LogP contribution in [-0.4, -0.2) is 40.5 Å². The first-order valence-electron chi connectivity index (χ1n) is 5.91. The Morgan fingerprint density at radius 1 is 1.50 bits per heavy atom. The number of anilines is 1. The summed E-state index contributed by atoms with van der Waals surface area (Å²) in [5.41, 5.74) is 0. The van der Waals surface area contributed by atoms with Gasteiger partial charge in [0.25, 0.3) is 0 Å². The third kappa shape index (κ3) is 2.70. The summed E-state index contributed by atoms with van der Waals surface area (Å²) >= 11 is 0. The van der Waals surface area contributed by atoms with Crippen LogP contribution in [-0.2, 0) is 0 Å². The van der Waals surface area contributed by atoms with E-state index >= 15 is 0 Å². The lowest BCUT2D eigenvalue weighted by molar-refractivity contribution is 0.190. The largest absolute Gasteiger partial charge is 0.367 e. The minimum absolute atomic E-state index is 0.542. The second-order valence-electron chi connectivity index (χ2n) is 4.68. The molecule has 2 rings (SSSR count). The van der Waals surface area contributed by atoms with Gasteiger partial charge in [-0.1, -0.05) is 0 Å². The number of nitrogens with one attached hydrogen (secondary N) is 1. The number of piperidine rings is 1. The van der Waals surface area contributed by atoms with Gasteiger partial charge in [-0.2, -0.15) is 0 Å². The second kappa shape index (κ2) is 4.78. The molecule has 0 spiro atoms. The first-order valence-corrected chi connectivity index (χ1v) is 5.91. The van der Waals surface area contributed by atoms with Gasteiger partial charge in [-0.25, -0.2) is 9.97 Å². The molecular formula is C12H20N4. The van der Waals surface area contributed by atoms with Crippen molar-refractivity contribution in [3.8, 4) is 0 Å². The molecule has 0 amide bonds. The maximum absolute atomic E-state index is 4.38. The number of rotatable bonds is 2. The summed E-state index contributed by atoms with van der Waals surface area (Å²) < 4.78 is 0. The Morgan fingerprint density at radius 3 is 3.00 bits per heavy atom. The molecule has 0 aromatic carbocycles. The van der Waals surface area contributed by atoms with Gasteiger partial charge >= 0.3 is 0 Å². The fourth-order valence-corrected chi connectivity index (χ4v) is 2.17. The molecule has 4 heteroatoms. The highest BCUT2D eigenvalue weighted by Crippen LogP contribution is 2.18. The normalized spacial score (nSPS) is 26.7. The zero-order valence-electron chi connectivity index (χ0n) is 10.3. The van der Waals surface area contributed by atoms with Crippen molar-refractivity contribution in [1.82, 2.24) is 14.9 Å². The highest BCUT2D eigenvalue weighted by atomic mass is 15.2. The number of aryl methyl sites for hydroxylation is 1. The first kappa shape index (κ1) is 11.3. The van der Waals surface area contributed by atoms with E-state index in [1.165, 1.54) is 12.8 Å². The summed E-state index contributed by atoms with van der Waals surface area (Å²) in [5, 5.41) is 3.49. The summed E-state index contributed by atoms with van der Waals surface area (Å²) in [6.45, 7) is 5.35. The van der Waals surface area contributed by atoms with Crippen LogP contribution in [0.1, 0.15) is 25.6 Å². The Morgan fingerprint density at radius 2 is 2.31 bits per heavy atom. The van der Waals surface area contributed by atoms with Gasteiger partial charge in [0.05, 0.1) is 0 Å². The van der Waals surface area contributed by atoms with Crippen LogP contribution in [0.25, 0.3) is 0 Å². The van der Waals surface area contributed by atoms with E-state index in [0.717, 1.165) is 18.2 Å². The number of hydrogen-bond acceptors (Lipinski definition) is 4. The molecule has 1 aromatic heterocycles. The molecule has 1 aromatic rings. The minimum atomic E-state index is 0.542. The summed E-state index contributed by atoms with van der Waals surface area (Å²) in [6.07, 6.45) is 4.17. The Labute approximate surface area is 97.1 Å². The van der Waals surface area contributed by atoms with Crippen LogP contribution in [0.4, 0.5) is 5.82 Å². The Kier molecular flexibility index (Phi) is 3.39. The molecular weight excluding hydrogens is 200 g/mol. The van der Waals surface area contributed by atoms with Crippen LogP contribution in [0.3, 0.4) is 0 Å². The molecule has 1 aliphatic rings. The van der Waals surface area contributed by atoms with E-state index in [-0.39, 0.29) is 0 Å². The van der Waals surface area contributed by atoms with Crippen LogP contribution in [0, 0.1) is 6.92 Å². The van der Waals surface area contributed by atoms with Crippen molar-refractivity contribution in [2.24, 2.45) is 0 Å². The predicted molar refractivity (Wildman–Crippen MR) is 65.5 cm³/mol. The van der Waals surface area contributed by atoms with E-state index in [9.17, 15) is 0 Å². The SMILES string of the molecule is Cc1nccc(NC2CCN(C)C(C)C2)n1. The zero-order valence-corrected chi connectivity index (χ0v) is 10.3. The van der Waals surface area contributed by atoms with E-state index in [4.69, 9.17) is 0 Å². The quantitative estimate of drug-likeness (QED) is 0.823. The average Bonchev–Trinajstić information content (AvgIpc) is 2.24. The predicted octanol–water partition coefficient (Wildman–Crippen LogP) is 1.68. The monoisotopic (exact) mass is 220 g/mol. The van der Waals surface area contributed by atoms with Gasteiger partial charge < -0.3 is 10.2 Å². The van der Waals surface area contributed by atoms with Gasteiger partial charge in [-0.3, -0.25) is 0 Å². The smallest absolute Gasteiger partial charge is 0.129 e. The zero-order chi connectivity index (χ0) is 11.5. The molecule has 16 heavy (non-hydrogen) atoms. The molecule has 1 N–H and O–H groups in total. The summed E-state index contributed by atoms with van der Waals surface area (Å²) in [4.78, 5) is 10.9. The third-order valence-electron chi connectivity index (χ3n) is 3.34. The Balaban J connectivity index is 1.95. The van der Waals surface area contributed by atoms with Gasteiger partial charge in [-0.15, -0.1) is 0 Å². The van der Waals surface area contributed by atoms with Crippen LogP contribution in [0.2, 0.25) is 0 Å². The van der Waals surface area contributed by atoms with Crippen molar-refractivity contribution in [2.75, 3.05) is 18.9 Å². The summed E-state index contributed by atoms with van der Waals surface area (Å²) in [6, 6.07) is 3.13. The average molecular weight is 220 g/mol. The topological polar surface area (TPSA) is 41.1 Å². The molecule has 88 valence electrons. The lowest BCUT2D eigenvalue weighted by Crippen LogP contribution is -2.42. The van der Waals surface area contributed by atoms with Crippen LogP contribution in [0.15, 0.2) is 12.3 Å². The van der Waals surface area contributed by atoms with Crippen molar-refractivity contribution < 1.29 is 0 Å². The molecule has 0 radical (unpaired) electrons. The fraction of sp³-hybridized carbons (Fsp3) is 0.667. The molecule has 1 aliphatic heterocycles. The van der Waals surface area contributed by atoms with Gasteiger partial charge in [0.15, 0.2) is 0 Å². The van der Waals surface area contributed by atoms with Gasteiger partial charge in [-0.05, 0) is 39.8 Å². The second-order valence-corrected chi connectivity index (χ2v) is 4.68.